The van der Waals surface area contributed by atoms with Gasteiger partial charge < -0.3 is 33.2 Å². The molecule has 3 aliphatic heterocycles. The van der Waals surface area contributed by atoms with E-state index in [0.29, 0.717) is 62.1 Å². The second-order valence-electron chi connectivity index (χ2n) is 15.2. The van der Waals surface area contributed by atoms with Crippen molar-refractivity contribution in [2.24, 2.45) is 0 Å². The summed E-state index contributed by atoms with van der Waals surface area (Å²) >= 11 is 0. The van der Waals surface area contributed by atoms with Gasteiger partial charge in [0.2, 0.25) is 8.32 Å². The lowest BCUT2D eigenvalue weighted by Crippen LogP contribution is -2.64. The summed E-state index contributed by atoms with van der Waals surface area (Å²) in [6, 6.07) is 20.4. The number of carboxylic acids is 1. The predicted octanol–water partition coefficient (Wildman–Crippen LogP) is 8.08. The minimum Gasteiger partial charge on any atom is -0.481 e. The fourth-order valence-electron chi connectivity index (χ4n) is 8.61. The number of benzene rings is 2. The van der Waals surface area contributed by atoms with Gasteiger partial charge in [0, 0.05) is 32.3 Å². The van der Waals surface area contributed by atoms with E-state index < -0.39 is 26.0 Å². The van der Waals surface area contributed by atoms with Crippen molar-refractivity contribution >= 4 is 14.3 Å². The van der Waals surface area contributed by atoms with Crippen molar-refractivity contribution in [2.45, 2.75) is 159 Å². The molecule has 0 aromatic heterocycles. The molecule has 3 aliphatic rings. The van der Waals surface area contributed by atoms with Crippen molar-refractivity contribution in [1.82, 2.24) is 0 Å². The highest BCUT2D eigenvalue weighted by atomic mass is 28.4. The SMILES string of the molecule is CC(C)[Si](O[C@@H]1C[C@@H]2O[C@@H]3C[C@H](OCc4ccccc4)[C@@](C)(CCOCc4ccccc4)O[C@H]3C[C@H]2O[C@H]1CC(=O)O)(C(C)C)C(C)C. The van der Waals surface area contributed by atoms with E-state index in [4.69, 9.17) is 28.1 Å². The highest BCUT2D eigenvalue weighted by molar-refractivity contribution is 6.77. The molecule has 0 radical (unpaired) electrons. The predicted molar refractivity (Wildman–Crippen MR) is 188 cm³/mol. The second-order valence-corrected chi connectivity index (χ2v) is 20.7. The zero-order valence-corrected chi connectivity index (χ0v) is 31.0. The normalized spacial score (nSPS) is 30.8. The number of fused-ring (bicyclic) bond motifs is 2. The summed E-state index contributed by atoms with van der Waals surface area (Å²) in [4.78, 5) is 12.1. The lowest BCUT2D eigenvalue weighted by molar-refractivity contribution is -0.306. The molecule has 48 heavy (non-hydrogen) atoms. The molecule has 8 nitrogen and oxygen atoms in total. The maximum Gasteiger partial charge on any atom is 0.306 e. The molecule has 0 aliphatic carbocycles. The highest BCUT2D eigenvalue weighted by Crippen LogP contribution is 2.47. The fourth-order valence-corrected chi connectivity index (χ4v) is 14.2. The van der Waals surface area contributed by atoms with Crippen LogP contribution in [0, 0.1) is 0 Å². The van der Waals surface area contributed by atoms with E-state index in [9.17, 15) is 9.90 Å². The van der Waals surface area contributed by atoms with E-state index in [1.807, 2.05) is 36.4 Å². The van der Waals surface area contributed by atoms with E-state index in [2.05, 4.69) is 72.7 Å². The summed E-state index contributed by atoms with van der Waals surface area (Å²) in [5, 5.41) is 9.89. The first kappa shape index (κ1) is 37.1. The van der Waals surface area contributed by atoms with Gasteiger partial charge in [-0.2, -0.15) is 0 Å². The van der Waals surface area contributed by atoms with E-state index in [0.717, 1.165) is 11.1 Å². The molecule has 8 atom stereocenters. The molecular weight excluding hydrogens is 625 g/mol. The Kier molecular flexibility index (Phi) is 12.6. The Morgan fingerprint density at radius 3 is 1.96 bits per heavy atom. The molecule has 9 heteroatoms. The van der Waals surface area contributed by atoms with Crippen molar-refractivity contribution < 1.29 is 38.0 Å². The van der Waals surface area contributed by atoms with Crippen LogP contribution in [0.2, 0.25) is 16.6 Å². The smallest absolute Gasteiger partial charge is 0.306 e. The van der Waals surface area contributed by atoms with Crippen molar-refractivity contribution in [1.29, 1.82) is 0 Å². The Bertz CT molecular complexity index is 1270. The van der Waals surface area contributed by atoms with E-state index in [1.165, 1.54) is 0 Å². The average Bonchev–Trinajstić information content (AvgIpc) is 3.04. The van der Waals surface area contributed by atoms with Crippen LogP contribution >= 0.6 is 0 Å². The maximum absolute atomic E-state index is 12.1. The van der Waals surface area contributed by atoms with Gasteiger partial charge in [0.15, 0.2) is 0 Å². The molecule has 2 aromatic carbocycles. The van der Waals surface area contributed by atoms with Crippen LogP contribution in [0.15, 0.2) is 60.7 Å². The van der Waals surface area contributed by atoms with Gasteiger partial charge in [-0.05, 0) is 34.7 Å². The lowest BCUT2D eigenvalue weighted by Gasteiger charge is -2.55. The van der Waals surface area contributed by atoms with E-state index in [-0.39, 0.29) is 43.0 Å². The van der Waals surface area contributed by atoms with Gasteiger partial charge in [0.1, 0.15) is 0 Å². The summed E-state index contributed by atoms with van der Waals surface area (Å²) < 4.78 is 40.4. The van der Waals surface area contributed by atoms with Crippen molar-refractivity contribution in [3.05, 3.63) is 71.8 Å². The highest BCUT2D eigenvalue weighted by Gasteiger charge is 2.55. The molecule has 1 N–H and O–H groups in total. The molecule has 0 spiro atoms. The second kappa shape index (κ2) is 16.3. The molecule has 0 unspecified atom stereocenters. The average molecular weight is 683 g/mol. The van der Waals surface area contributed by atoms with Crippen LogP contribution in [0.4, 0.5) is 0 Å². The quantitative estimate of drug-likeness (QED) is 0.149. The van der Waals surface area contributed by atoms with Crippen molar-refractivity contribution in [2.75, 3.05) is 6.61 Å². The number of hydrogen-bond donors (Lipinski definition) is 1. The van der Waals surface area contributed by atoms with Crippen LogP contribution in [-0.2, 0) is 46.1 Å². The summed E-state index contributed by atoms with van der Waals surface area (Å²) in [6.45, 7) is 17.2. The third-order valence-electron chi connectivity index (χ3n) is 11.0. The fraction of sp³-hybridized carbons (Fsp3) is 0.667. The number of carbonyl (C=O) groups is 1. The zero-order chi connectivity index (χ0) is 34.5. The number of hydrogen-bond acceptors (Lipinski definition) is 7. The lowest BCUT2D eigenvalue weighted by atomic mass is 9.81. The third-order valence-corrected chi connectivity index (χ3v) is 17.1. The number of ether oxygens (including phenoxy) is 5. The number of aliphatic carboxylic acids is 1. The first-order chi connectivity index (χ1) is 22.9. The molecule has 0 bridgehead atoms. The minimum absolute atomic E-state index is 0.0898. The van der Waals surface area contributed by atoms with Crippen LogP contribution in [0.1, 0.15) is 91.7 Å². The molecule has 5 rings (SSSR count). The molecule has 0 amide bonds. The molecule has 2 aromatic rings. The zero-order valence-electron chi connectivity index (χ0n) is 30.0. The van der Waals surface area contributed by atoms with Crippen LogP contribution in [-0.4, -0.2) is 74.3 Å². The van der Waals surface area contributed by atoms with Crippen molar-refractivity contribution in [3.8, 4) is 0 Å². The van der Waals surface area contributed by atoms with Gasteiger partial charge in [-0.15, -0.1) is 0 Å². The van der Waals surface area contributed by atoms with Gasteiger partial charge in [-0.25, -0.2) is 0 Å². The van der Waals surface area contributed by atoms with Gasteiger partial charge in [-0.3, -0.25) is 4.79 Å². The monoisotopic (exact) mass is 682 g/mol. The Hall–Kier alpha value is -2.11. The van der Waals surface area contributed by atoms with Gasteiger partial charge >= 0.3 is 5.97 Å². The molecular formula is C39H58O8Si. The van der Waals surface area contributed by atoms with Crippen molar-refractivity contribution in [3.63, 3.8) is 0 Å². The van der Waals surface area contributed by atoms with Gasteiger partial charge in [-0.1, -0.05) is 102 Å². The Balaban J connectivity index is 1.32. The first-order valence-electron chi connectivity index (χ1n) is 18.1. The van der Waals surface area contributed by atoms with Gasteiger partial charge in [0.05, 0.1) is 68.0 Å². The molecule has 3 heterocycles. The number of rotatable bonds is 15. The Labute approximate surface area is 288 Å². The maximum atomic E-state index is 12.1. The summed E-state index contributed by atoms with van der Waals surface area (Å²) in [6.07, 6.45) is 0.661. The largest absolute Gasteiger partial charge is 0.481 e. The first-order valence-corrected chi connectivity index (χ1v) is 20.2. The topological polar surface area (TPSA) is 92.7 Å². The summed E-state index contributed by atoms with van der Waals surface area (Å²) in [5.41, 5.74) is 2.78. The third kappa shape index (κ3) is 8.60. The van der Waals surface area contributed by atoms with Gasteiger partial charge in [0.25, 0.3) is 0 Å². The molecule has 266 valence electrons. The van der Waals surface area contributed by atoms with Crippen LogP contribution < -0.4 is 0 Å². The molecule has 3 fully saturated rings. The summed E-state index contributed by atoms with van der Waals surface area (Å²) in [5.74, 6) is -0.872. The van der Waals surface area contributed by atoms with E-state index in [1.54, 1.807) is 0 Å². The standard InChI is InChI=1S/C39H58O8Si/c1-26(2)48(27(3)4,28(5)6)47-36-21-32-31(45-34(36)23-38(40)41)20-35-33(44-32)22-37(43-25-30-16-12-9-13-17-30)39(7,46-35)18-19-42-24-29-14-10-8-11-15-29/h8-17,26-28,31-37H,18-25H2,1-7H3,(H,40,41)/t31-,32+,33-,34+,35+,36-,37+,39-/m1/s1. The van der Waals surface area contributed by atoms with E-state index >= 15 is 0 Å². The molecule has 3 saturated heterocycles. The van der Waals surface area contributed by atoms with Crippen LogP contribution in [0.5, 0.6) is 0 Å². The minimum atomic E-state index is -2.29. The summed E-state index contributed by atoms with van der Waals surface area (Å²) in [7, 11) is -2.29. The Morgan fingerprint density at radius 1 is 0.812 bits per heavy atom. The number of carboxylic acid groups (broad SMARTS) is 1. The molecule has 0 saturated carbocycles. The van der Waals surface area contributed by atoms with Crippen LogP contribution in [0.3, 0.4) is 0 Å². The Morgan fingerprint density at radius 2 is 1.38 bits per heavy atom. The van der Waals surface area contributed by atoms with Crippen LogP contribution in [0.25, 0.3) is 0 Å².